The van der Waals surface area contributed by atoms with Gasteiger partial charge in [0.1, 0.15) is 0 Å². The zero-order valence-electron chi connectivity index (χ0n) is 5.94. The molecule has 0 spiro atoms. The lowest BCUT2D eigenvalue weighted by Crippen LogP contribution is -2.32. The first-order valence-electron chi connectivity index (χ1n) is 3.18. The van der Waals surface area contributed by atoms with Crippen LogP contribution in [0.4, 0.5) is 0 Å². The number of rotatable bonds is 2. The summed E-state index contributed by atoms with van der Waals surface area (Å²) in [6, 6.07) is 3.30. The van der Waals surface area contributed by atoms with Crippen LogP contribution >= 0.6 is 0 Å². The second-order valence-corrected chi connectivity index (χ2v) is 2.09. The van der Waals surface area contributed by atoms with Gasteiger partial charge in [-0.25, -0.2) is 0 Å². The van der Waals surface area contributed by atoms with E-state index in [1.54, 1.807) is 18.2 Å². The van der Waals surface area contributed by atoms with Crippen molar-refractivity contribution < 1.29 is 10.0 Å². The second-order valence-electron chi connectivity index (χ2n) is 2.09. The maximum atomic E-state index is 8.70. The van der Waals surface area contributed by atoms with Gasteiger partial charge in [-0.2, -0.15) is 0 Å². The molecule has 2 N–H and O–H groups in total. The Hall–Kier alpha value is -1.13. The van der Waals surface area contributed by atoms with Crippen molar-refractivity contribution in [3.05, 3.63) is 30.5 Å². The summed E-state index contributed by atoms with van der Waals surface area (Å²) in [6.07, 6.45) is 3.12. The Balaban J connectivity index is 3.00. The van der Waals surface area contributed by atoms with Crippen LogP contribution in [0.1, 0.15) is 5.56 Å². The van der Waals surface area contributed by atoms with Gasteiger partial charge in [0.05, 0.1) is 5.59 Å². The predicted molar refractivity (Wildman–Crippen MR) is 44.2 cm³/mol. The van der Waals surface area contributed by atoms with Gasteiger partial charge in [0, 0.05) is 6.20 Å². The minimum atomic E-state index is -1.50. The molecule has 1 heterocycles. The van der Waals surface area contributed by atoms with Gasteiger partial charge in [-0.3, -0.25) is 4.98 Å². The van der Waals surface area contributed by atoms with E-state index in [2.05, 4.69) is 11.6 Å². The fraction of sp³-hybridized carbons (Fsp3) is 0. The lowest BCUT2D eigenvalue weighted by atomic mass is 9.85. The Morgan fingerprint density at radius 2 is 2.27 bits per heavy atom. The lowest BCUT2D eigenvalue weighted by Gasteiger charge is -1.97. The highest BCUT2D eigenvalue weighted by Crippen LogP contribution is 1.95. The molecule has 56 valence electrons. The fourth-order valence-corrected chi connectivity index (χ4v) is 0.734. The quantitative estimate of drug-likeness (QED) is 0.552. The maximum absolute atomic E-state index is 8.70. The van der Waals surface area contributed by atoms with E-state index in [1.165, 1.54) is 6.20 Å². The van der Waals surface area contributed by atoms with E-state index in [9.17, 15) is 0 Å². The molecule has 0 aromatic carbocycles. The van der Waals surface area contributed by atoms with Crippen LogP contribution < -0.4 is 5.59 Å². The first-order chi connectivity index (χ1) is 5.24. The zero-order chi connectivity index (χ0) is 8.27. The third kappa shape index (κ3) is 1.90. The molecule has 11 heavy (non-hydrogen) atoms. The molecule has 1 aromatic rings. The Bertz CT molecular complexity index is 262. The van der Waals surface area contributed by atoms with Gasteiger partial charge in [0.15, 0.2) is 0 Å². The van der Waals surface area contributed by atoms with E-state index in [-0.39, 0.29) is 5.59 Å². The number of pyridine rings is 1. The van der Waals surface area contributed by atoms with Crippen LogP contribution in [0.15, 0.2) is 24.9 Å². The average Bonchev–Trinajstić information content (AvgIpc) is 2.05. The normalized spacial score (nSPS) is 9.27. The van der Waals surface area contributed by atoms with Crippen molar-refractivity contribution in [3.63, 3.8) is 0 Å². The van der Waals surface area contributed by atoms with Crippen LogP contribution in [0.25, 0.3) is 6.08 Å². The molecular weight excluding hydrogens is 141 g/mol. The third-order valence-corrected chi connectivity index (χ3v) is 1.31. The second kappa shape index (κ2) is 3.32. The van der Waals surface area contributed by atoms with Gasteiger partial charge >= 0.3 is 7.12 Å². The molecule has 3 nitrogen and oxygen atoms in total. The highest BCUT2D eigenvalue weighted by atomic mass is 16.4. The van der Waals surface area contributed by atoms with E-state index in [0.29, 0.717) is 0 Å². The van der Waals surface area contributed by atoms with E-state index < -0.39 is 7.12 Å². The van der Waals surface area contributed by atoms with Crippen molar-refractivity contribution in [1.82, 2.24) is 4.98 Å². The van der Waals surface area contributed by atoms with E-state index in [4.69, 9.17) is 10.0 Å². The molecule has 0 fully saturated rings. The van der Waals surface area contributed by atoms with E-state index in [1.807, 2.05) is 0 Å². The van der Waals surface area contributed by atoms with E-state index in [0.717, 1.165) is 5.56 Å². The number of aromatic nitrogens is 1. The van der Waals surface area contributed by atoms with Crippen LogP contribution in [0.3, 0.4) is 0 Å². The molecule has 1 aromatic heterocycles. The Kier molecular flexibility index (Phi) is 2.41. The van der Waals surface area contributed by atoms with Crippen LogP contribution in [-0.2, 0) is 0 Å². The van der Waals surface area contributed by atoms with Crippen molar-refractivity contribution in [2.45, 2.75) is 0 Å². The van der Waals surface area contributed by atoms with Gasteiger partial charge in [0.2, 0.25) is 0 Å². The standard InChI is InChI=1S/C7H8BNO2/c1-2-6-3-4-9-7(5-6)8(10)11/h2-5,10-11H,1H2. The minimum absolute atomic E-state index is 0.238. The van der Waals surface area contributed by atoms with Crippen molar-refractivity contribution in [1.29, 1.82) is 0 Å². The maximum Gasteiger partial charge on any atom is 0.508 e. The fourth-order valence-electron chi connectivity index (χ4n) is 0.734. The third-order valence-electron chi connectivity index (χ3n) is 1.31. The molecule has 4 heteroatoms. The summed E-state index contributed by atoms with van der Waals surface area (Å²) in [4.78, 5) is 3.74. The lowest BCUT2D eigenvalue weighted by molar-refractivity contribution is 0.424. The summed E-state index contributed by atoms with van der Waals surface area (Å²) in [5.41, 5.74) is 1.06. The molecule has 0 aliphatic rings. The molecular formula is C7H8BNO2. The summed E-state index contributed by atoms with van der Waals surface area (Å²) in [5, 5.41) is 17.4. The number of hydrogen-bond donors (Lipinski definition) is 2. The minimum Gasteiger partial charge on any atom is -0.422 e. The van der Waals surface area contributed by atoms with Crippen LogP contribution in [0.2, 0.25) is 0 Å². The van der Waals surface area contributed by atoms with Crippen molar-refractivity contribution >= 4 is 18.8 Å². The molecule has 1 rings (SSSR count). The van der Waals surface area contributed by atoms with Crippen LogP contribution in [0, 0.1) is 0 Å². The molecule has 0 saturated carbocycles. The Morgan fingerprint density at radius 3 is 2.82 bits per heavy atom. The van der Waals surface area contributed by atoms with Crippen molar-refractivity contribution in [2.75, 3.05) is 0 Å². The van der Waals surface area contributed by atoms with Gasteiger partial charge in [-0.05, 0) is 17.7 Å². The Labute approximate surface area is 65.2 Å². The summed E-state index contributed by atoms with van der Waals surface area (Å²) in [5.74, 6) is 0. The molecule has 0 unspecified atom stereocenters. The molecule has 0 amide bonds. The Morgan fingerprint density at radius 1 is 1.55 bits per heavy atom. The zero-order valence-corrected chi connectivity index (χ0v) is 5.94. The van der Waals surface area contributed by atoms with Crippen molar-refractivity contribution in [3.8, 4) is 0 Å². The monoisotopic (exact) mass is 149 g/mol. The SMILES string of the molecule is C=Cc1ccnc(B(O)O)c1. The summed E-state index contributed by atoms with van der Waals surface area (Å²) < 4.78 is 0. The summed E-state index contributed by atoms with van der Waals surface area (Å²) in [7, 11) is -1.50. The van der Waals surface area contributed by atoms with E-state index >= 15 is 0 Å². The molecule has 0 saturated heterocycles. The first-order valence-corrected chi connectivity index (χ1v) is 3.18. The molecule has 0 aliphatic heterocycles. The molecule has 0 radical (unpaired) electrons. The smallest absolute Gasteiger partial charge is 0.422 e. The molecule has 0 atom stereocenters. The summed E-state index contributed by atoms with van der Waals surface area (Å²) in [6.45, 7) is 3.54. The van der Waals surface area contributed by atoms with Gasteiger partial charge < -0.3 is 10.0 Å². The molecule has 0 bridgehead atoms. The first kappa shape index (κ1) is 7.98. The largest absolute Gasteiger partial charge is 0.508 e. The van der Waals surface area contributed by atoms with Crippen LogP contribution in [-0.4, -0.2) is 22.2 Å². The van der Waals surface area contributed by atoms with Gasteiger partial charge in [-0.15, -0.1) is 0 Å². The molecule has 0 aliphatic carbocycles. The highest BCUT2D eigenvalue weighted by Gasteiger charge is 2.11. The average molecular weight is 149 g/mol. The number of hydrogen-bond acceptors (Lipinski definition) is 3. The number of nitrogens with zero attached hydrogens (tertiary/aromatic N) is 1. The van der Waals surface area contributed by atoms with Crippen LogP contribution in [0.5, 0.6) is 0 Å². The van der Waals surface area contributed by atoms with Crippen molar-refractivity contribution in [2.24, 2.45) is 0 Å². The summed E-state index contributed by atoms with van der Waals surface area (Å²) >= 11 is 0. The van der Waals surface area contributed by atoms with Gasteiger partial charge in [-0.1, -0.05) is 12.7 Å². The predicted octanol–water partition coefficient (Wildman–Crippen LogP) is -0.596. The van der Waals surface area contributed by atoms with Gasteiger partial charge in [0.25, 0.3) is 0 Å². The topological polar surface area (TPSA) is 53.4 Å². The highest BCUT2D eigenvalue weighted by molar-refractivity contribution is 6.57.